The number of rotatable bonds is 30. The maximum atomic E-state index is 5.64. The van der Waals surface area contributed by atoms with Gasteiger partial charge >= 0.3 is 0 Å². The molecule has 0 spiro atoms. The third-order valence-corrected chi connectivity index (χ3v) is 13.9. The van der Waals surface area contributed by atoms with E-state index < -0.39 is 0 Å². The van der Waals surface area contributed by atoms with Gasteiger partial charge in [-0.3, -0.25) is 0 Å². The van der Waals surface area contributed by atoms with Crippen molar-refractivity contribution in [2.24, 2.45) is 5.92 Å². The van der Waals surface area contributed by atoms with Crippen LogP contribution in [-0.4, -0.2) is 71.2 Å². The first-order valence-electron chi connectivity index (χ1n) is 19.4. The van der Waals surface area contributed by atoms with Gasteiger partial charge in [-0.25, -0.2) is 0 Å². The van der Waals surface area contributed by atoms with E-state index in [0.29, 0.717) is 0 Å². The molecule has 3 aromatic rings. The van der Waals surface area contributed by atoms with Gasteiger partial charge in [0.05, 0.1) is 71.2 Å². The molecule has 3 aromatic carbocycles. The maximum Gasteiger partial charge on any atom is 0.160 e. The monoisotopic (exact) mass is 760 g/mol. The Morgan fingerprint density at radius 3 is 0.923 bits per heavy atom. The van der Waals surface area contributed by atoms with Crippen molar-refractivity contribution in [2.45, 2.75) is 114 Å². The summed E-state index contributed by atoms with van der Waals surface area (Å²) in [5.74, 6) is 6.09. The molecule has 0 aliphatic heterocycles. The number of unbranched alkanes of at least 4 members (excludes halogenated alkanes) is 9. The Morgan fingerprint density at radius 2 is 0.654 bits per heavy atom. The molecule has 52 heavy (non-hydrogen) atoms. The highest BCUT2D eigenvalue weighted by molar-refractivity contribution is 6.55. The van der Waals surface area contributed by atoms with Crippen LogP contribution in [0, 0.1) is 5.92 Å². The molecular weight excluding hydrogens is 697 g/mol. The first-order valence-corrected chi connectivity index (χ1v) is 23.1. The van der Waals surface area contributed by atoms with Gasteiger partial charge in [0.25, 0.3) is 0 Å². The number of ether oxygens (including phenoxy) is 6. The first-order chi connectivity index (χ1) is 25.6. The SMILES string of the molecule is COc1cccc([Si]CCCCCCC(CCCCCC[Si]c2cccc(OC)c2OC)CCCCCC[Si]c2cccc(OC)c2OC)c1OC. The molecule has 0 aromatic heterocycles. The molecule has 9 heteroatoms. The first kappa shape index (κ1) is 43.5. The van der Waals surface area contributed by atoms with E-state index in [1.165, 1.54) is 130 Å². The molecule has 0 aliphatic carbocycles. The Hall–Kier alpha value is -2.89. The minimum absolute atomic E-state index is 0.768. The van der Waals surface area contributed by atoms with Gasteiger partial charge in [0.2, 0.25) is 0 Å². The van der Waals surface area contributed by atoms with Crippen LogP contribution in [0.2, 0.25) is 18.1 Å². The lowest BCUT2D eigenvalue weighted by Gasteiger charge is -2.17. The summed E-state index contributed by atoms with van der Waals surface area (Å²) < 4.78 is 33.4. The van der Waals surface area contributed by atoms with E-state index in [1.807, 2.05) is 18.2 Å². The van der Waals surface area contributed by atoms with Gasteiger partial charge in [0, 0.05) is 0 Å². The Morgan fingerprint density at radius 1 is 0.365 bits per heavy atom. The molecule has 0 saturated heterocycles. The summed E-state index contributed by atoms with van der Waals surface area (Å²) in [6, 6.07) is 22.4. The van der Waals surface area contributed by atoms with Crippen molar-refractivity contribution in [3.63, 3.8) is 0 Å². The lowest BCUT2D eigenvalue weighted by atomic mass is 9.90. The third-order valence-electron chi connectivity index (χ3n) is 9.77. The van der Waals surface area contributed by atoms with Crippen molar-refractivity contribution < 1.29 is 28.4 Å². The van der Waals surface area contributed by atoms with Gasteiger partial charge < -0.3 is 28.4 Å². The highest BCUT2D eigenvalue weighted by atomic mass is 28.2. The van der Waals surface area contributed by atoms with E-state index in [2.05, 4.69) is 36.4 Å². The molecule has 0 amide bonds. The standard InChI is InChI=1S/C43H64O6Si3/c1-44-35-25-19-28-38(41(35)47-4)50-31-16-10-7-13-22-34(23-14-8-11-17-32-51-39-29-20-26-36(45-2)42(39)48-5)24-15-9-12-18-33-52-40-30-21-27-37(46-3)43(40)49-6/h19-21,25-30,34H,7-18,22-24,31-33H2,1-6H3. The summed E-state index contributed by atoms with van der Waals surface area (Å²) in [5, 5.41) is 3.84. The van der Waals surface area contributed by atoms with Crippen molar-refractivity contribution in [2.75, 3.05) is 42.7 Å². The van der Waals surface area contributed by atoms with Crippen LogP contribution in [0.4, 0.5) is 0 Å². The second-order valence-electron chi connectivity index (χ2n) is 13.4. The van der Waals surface area contributed by atoms with Crippen LogP contribution in [0.25, 0.3) is 0 Å². The second kappa shape index (κ2) is 26.8. The number of hydrogen-bond acceptors (Lipinski definition) is 6. The summed E-state index contributed by atoms with van der Waals surface area (Å²) in [6.07, 6.45) is 20.1. The van der Waals surface area contributed by atoms with Crippen LogP contribution in [0.1, 0.15) is 96.3 Å². The van der Waals surface area contributed by atoms with Crippen molar-refractivity contribution in [3.05, 3.63) is 54.6 Å². The van der Waals surface area contributed by atoms with Crippen LogP contribution in [0.15, 0.2) is 54.6 Å². The quantitative estimate of drug-likeness (QED) is 0.0500. The van der Waals surface area contributed by atoms with Crippen LogP contribution in [0.3, 0.4) is 0 Å². The molecule has 0 bridgehead atoms. The number of para-hydroxylation sites is 3. The maximum absolute atomic E-state index is 5.64. The molecule has 0 heterocycles. The lowest BCUT2D eigenvalue weighted by molar-refractivity contribution is 0.357. The van der Waals surface area contributed by atoms with Crippen LogP contribution < -0.4 is 44.0 Å². The molecule has 284 valence electrons. The summed E-state index contributed by atoms with van der Waals surface area (Å²) in [6.45, 7) is 0. The number of benzene rings is 3. The van der Waals surface area contributed by atoms with Gasteiger partial charge in [0.1, 0.15) is 0 Å². The van der Waals surface area contributed by atoms with Crippen molar-refractivity contribution in [3.8, 4) is 34.5 Å². The molecule has 0 saturated carbocycles. The van der Waals surface area contributed by atoms with Gasteiger partial charge in [-0.15, -0.1) is 0 Å². The average Bonchev–Trinajstić information content (AvgIpc) is 3.18. The van der Waals surface area contributed by atoms with Gasteiger partial charge in [-0.2, -0.15) is 0 Å². The summed E-state index contributed by atoms with van der Waals surface area (Å²) >= 11 is 0. The van der Waals surface area contributed by atoms with Crippen molar-refractivity contribution in [1.29, 1.82) is 0 Å². The lowest BCUT2D eigenvalue weighted by Crippen LogP contribution is -2.17. The highest BCUT2D eigenvalue weighted by Gasteiger charge is 2.13. The molecule has 0 atom stereocenters. The van der Waals surface area contributed by atoms with E-state index >= 15 is 0 Å². The zero-order chi connectivity index (χ0) is 37.2. The van der Waals surface area contributed by atoms with E-state index in [-0.39, 0.29) is 0 Å². The normalized spacial score (nSPS) is 11.1. The Labute approximate surface area is 323 Å². The predicted octanol–water partition coefficient (Wildman–Crippen LogP) is 8.85. The Balaban J connectivity index is 1.36. The molecule has 6 nitrogen and oxygen atoms in total. The van der Waals surface area contributed by atoms with Crippen LogP contribution >= 0.6 is 0 Å². The van der Waals surface area contributed by atoms with E-state index in [1.54, 1.807) is 42.7 Å². The molecule has 3 rings (SSSR count). The molecule has 6 radical (unpaired) electrons. The Kier molecular flexibility index (Phi) is 22.4. The van der Waals surface area contributed by atoms with Gasteiger partial charge in [0.15, 0.2) is 34.5 Å². The van der Waals surface area contributed by atoms with E-state index in [4.69, 9.17) is 28.4 Å². The fraction of sp³-hybridized carbons (Fsp3) is 0.581. The van der Waals surface area contributed by atoms with Crippen molar-refractivity contribution >= 4 is 44.1 Å². The highest BCUT2D eigenvalue weighted by Crippen LogP contribution is 2.27. The predicted molar refractivity (Wildman–Crippen MR) is 222 cm³/mol. The number of methoxy groups -OCH3 is 6. The fourth-order valence-electron chi connectivity index (χ4n) is 6.92. The minimum Gasteiger partial charge on any atom is -0.493 e. The largest absolute Gasteiger partial charge is 0.493 e. The topological polar surface area (TPSA) is 55.4 Å². The Bertz CT molecular complexity index is 1220. The third kappa shape index (κ3) is 15.2. The van der Waals surface area contributed by atoms with Gasteiger partial charge in [-0.1, -0.05) is 151 Å². The summed E-state index contributed by atoms with van der Waals surface area (Å²) in [5.41, 5.74) is 0. The van der Waals surface area contributed by atoms with Crippen molar-refractivity contribution in [1.82, 2.24) is 0 Å². The summed E-state index contributed by atoms with van der Waals surface area (Å²) in [7, 11) is 12.7. The second-order valence-corrected chi connectivity index (χ2v) is 17.6. The number of hydrogen-bond donors (Lipinski definition) is 0. The molecular formula is C43H64O6Si3. The smallest absolute Gasteiger partial charge is 0.160 e. The van der Waals surface area contributed by atoms with E-state index in [0.717, 1.165) is 69.0 Å². The molecule has 0 unspecified atom stereocenters. The summed E-state index contributed by atoms with van der Waals surface area (Å²) in [4.78, 5) is 0. The molecule has 0 N–H and O–H groups in total. The van der Waals surface area contributed by atoms with Crippen LogP contribution in [-0.2, 0) is 0 Å². The van der Waals surface area contributed by atoms with E-state index in [9.17, 15) is 0 Å². The zero-order valence-corrected chi connectivity index (χ0v) is 36.0. The zero-order valence-electron chi connectivity index (χ0n) is 33.0. The average molecular weight is 761 g/mol. The van der Waals surface area contributed by atoms with Gasteiger partial charge in [-0.05, 0) is 39.7 Å². The minimum atomic E-state index is 0.768. The fourth-order valence-corrected chi connectivity index (χ4v) is 10.8. The van der Waals surface area contributed by atoms with Crippen LogP contribution in [0.5, 0.6) is 34.5 Å². The molecule has 0 fully saturated rings. The molecule has 0 aliphatic rings.